The van der Waals surface area contributed by atoms with Crippen LogP contribution in [0.25, 0.3) is 10.6 Å². The number of carbonyl (C=O) groups excluding carboxylic acids is 1. The maximum atomic E-state index is 12.2. The van der Waals surface area contributed by atoms with Crippen LogP contribution in [0, 0.1) is 0 Å². The van der Waals surface area contributed by atoms with Gasteiger partial charge < -0.3 is 24.5 Å². The van der Waals surface area contributed by atoms with Gasteiger partial charge in [-0.1, -0.05) is 30.7 Å². The van der Waals surface area contributed by atoms with Crippen LogP contribution in [0.15, 0.2) is 47.2 Å². The highest BCUT2D eigenvalue weighted by Crippen LogP contribution is 2.35. The summed E-state index contributed by atoms with van der Waals surface area (Å²) in [6.07, 6.45) is -2.64. The van der Waals surface area contributed by atoms with Gasteiger partial charge in [0.2, 0.25) is 0 Å². The predicted molar refractivity (Wildman–Crippen MR) is 115 cm³/mol. The molecule has 3 aromatic rings. The van der Waals surface area contributed by atoms with Gasteiger partial charge in [0.15, 0.2) is 5.78 Å². The van der Waals surface area contributed by atoms with Crippen molar-refractivity contribution in [1.82, 2.24) is 4.98 Å². The quantitative estimate of drug-likeness (QED) is 0.514. The van der Waals surface area contributed by atoms with Gasteiger partial charge in [0.1, 0.15) is 36.3 Å². The Morgan fingerprint density at radius 1 is 1.19 bits per heavy atom. The van der Waals surface area contributed by atoms with Gasteiger partial charge in [0.05, 0.1) is 16.1 Å². The number of aromatic nitrogens is 1. The van der Waals surface area contributed by atoms with Gasteiger partial charge in [-0.3, -0.25) is 4.79 Å². The number of aliphatic hydroxyl groups excluding tert-OH is 3. The molecule has 1 fully saturated rings. The van der Waals surface area contributed by atoms with Crippen LogP contribution in [0.4, 0.5) is 0 Å². The number of carbonyl (C=O) groups is 1. The molecular weight excluding hydrogens is 442 g/mol. The van der Waals surface area contributed by atoms with Gasteiger partial charge in [-0.05, 0) is 29.3 Å². The van der Waals surface area contributed by atoms with E-state index in [1.165, 1.54) is 11.3 Å². The van der Waals surface area contributed by atoms with E-state index in [0.717, 1.165) is 21.2 Å². The minimum atomic E-state index is -1.51. The summed E-state index contributed by atoms with van der Waals surface area (Å²) in [4.78, 5) is 17.5. The fourth-order valence-electron chi connectivity index (χ4n) is 3.62. The molecule has 4 rings (SSSR count). The molecule has 1 aliphatic heterocycles. The van der Waals surface area contributed by atoms with Crippen molar-refractivity contribution < 1.29 is 29.3 Å². The monoisotopic (exact) mass is 463 g/mol. The summed E-state index contributed by atoms with van der Waals surface area (Å²) in [6.45, 7) is 1.65. The average molecular weight is 464 g/mol. The van der Waals surface area contributed by atoms with Crippen molar-refractivity contribution in [2.45, 2.75) is 50.3 Å². The van der Waals surface area contributed by atoms with Gasteiger partial charge in [-0.2, -0.15) is 0 Å². The molecule has 1 aliphatic rings. The van der Waals surface area contributed by atoms with Crippen LogP contribution >= 0.6 is 22.9 Å². The summed E-state index contributed by atoms with van der Waals surface area (Å²) in [6, 6.07) is 8.79. The molecule has 0 bridgehead atoms. The summed E-state index contributed by atoms with van der Waals surface area (Å²) < 4.78 is 11.1. The number of furan rings is 1. The van der Waals surface area contributed by atoms with E-state index in [0.29, 0.717) is 17.0 Å². The highest BCUT2D eigenvalue weighted by molar-refractivity contribution is 7.15. The number of rotatable bonds is 6. The smallest absolute Gasteiger partial charge is 0.164 e. The number of hydrogen-bond donors (Lipinski definition) is 3. The summed E-state index contributed by atoms with van der Waals surface area (Å²) in [5.74, 6) is 0.396. The van der Waals surface area contributed by atoms with Crippen molar-refractivity contribution in [3.05, 3.63) is 63.9 Å². The van der Waals surface area contributed by atoms with Gasteiger partial charge in [0.25, 0.3) is 0 Å². The zero-order valence-electron chi connectivity index (χ0n) is 16.6. The third-order valence-electron chi connectivity index (χ3n) is 5.34. The van der Waals surface area contributed by atoms with E-state index in [-0.39, 0.29) is 12.2 Å². The summed E-state index contributed by atoms with van der Waals surface area (Å²) >= 11 is 7.87. The second kappa shape index (κ2) is 9.20. The second-order valence-electron chi connectivity index (χ2n) is 7.39. The maximum absolute atomic E-state index is 12.2. The molecule has 0 unspecified atom stereocenters. The molecule has 9 heteroatoms. The number of nitrogens with zero attached hydrogens (tertiary/aromatic N) is 1. The number of ketones is 1. The number of Topliss-reactive ketones (excluding diaryl/α,β-unsaturated/α-hetero) is 1. The Morgan fingerprint density at radius 2 is 2.00 bits per heavy atom. The molecule has 3 heterocycles. The van der Waals surface area contributed by atoms with Crippen molar-refractivity contribution in [2.24, 2.45) is 0 Å². The lowest BCUT2D eigenvalue weighted by atomic mass is 9.88. The van der Waals surface area contributed by atoms with Gasteiger partial charge in [-0.25, -0.2) is 4.98 Å². The van der Waals surface area contributed by atoms with E-state index in [2.05, 4.69) is 4.98 Å². The first kappa shape index (κ1) is 22.1. The summed E-state index contributed by atoms with van der Waals surface area (Å²) in [5, 5.41) is 32.3. The minimum Gasteiger partial charge on any atom is -0.463 e. The van der Waals surface area contributed by atoms with Crippen LogP contribution < -0.4 is 0 Å². The summed E-state index contributed by atoms with van der Waals surface area (Å²) in [7, 11) is 0. The van der Waals surface area contributed by atoms with Crippen molar-refractivity contribution in [3.63, 3.8) is 0 Å². The molecule has 0 aliphatic carbocycles. The van der Waals surface area contributed by atoms with Gasteiger partial charge in [0, 0.05) is 24.1 Å². The first-order valence-corrected chi connectivity index (χ1v) is 11.1. The number of thiazole rings is 1. The third kappa shape index (κ3) is 4.45. The van der Waals surface area contributed by atoms with Crippen LogP contribution in [0.1, 0.15) is 35.6 Å². The van der Waals surface area contributed by atoms with Crippen LogP contribution in [0.3, 0.4) is 0 Å². The predicted octanol–water partition coefficient (Wildman–Crippen LogP) is 3.15. The Hall–Kier alpha value is -2.07. The third-order valence-corrected chi connectivity index (χ3v) is 6.72. The van der Waals surface area contributed by atoms with Gasteiger partial charge >= 0.3 is 0 Å². The first-order chi connectivity index (χ1) is 14.9. The molecule has 0 saturated carbocycles. The van der Waals surface area contributed by atoms with Crippen LogP contribution in [0.2, 0.25) is 5.02 Å². The van der Waals surface area contributed by atoms with Gasteiger partial charge in [-0.15, -0.1) is 11.3 Å². The standard InChI is InChI=1S/C22H22ClNO6S/c1-2-14(25)22-20(28)18(26)19(27)21(30-22)11-5-6-13(23)12(8-11)9-17-24-10-16(31-17)15-4-3-7-29-15/h3-8,10,18-22,26-28H,2,9H2,1H3/t18-,19-,20-,21+,22-/m1/s1. The van der Waals surface area contributed by atoms with E-state index in [4.69, 9.17) is 20.8 Å². The maximum Gasteiger partial charge on any atom is 0.164 e. The number of benzene rings is 1. The molecule has 3 N–H and O–H groups in total. The molecule has 2 aromatic heterocycles. The molecule has 1 saturated heterocycles. The normalized spacial score (nSPS) is 26.2. The lowest BCUT2D eigenvalue weighted by Gasteiger charge is -2.40. The molecule has 31 heavy (non-hydrogen) atoms. The Bertz CT molecular complexity index is 1050. The Kier molecular flexibility index (Phi) is 6.57. The van der Waals surface area contributed by atoms with Crippen LogP contribution in [-0.2, 0) is 16.0 Å². The van der Waals surface area contributed by atoms with E-state index in [9.17, 15) is 20.1 Å². The SMILES string of the molecule is CCC(=O)[C@H]1O[C@@H](c2ccc(Cl)c(Cc3ncc(-c4ccco4)s3)c2)[C@H](O)[C@@H](O)[C@H]1O. The highest BCUT2D eigenvalue weighted by Gasteiger charge is 2.46. The topological polar surface area (TPSA) is 113 Å². The van der Waals surface area contributed by atoms with E-state index in [1.54, 1.807) is 37.6 Å². The lowest BCUT2D eigenvalue weighted by molar-refractivity contribution is -0.221. The summed E-state index contributed by atoms with van der Waals surface area (Å²) in [5.41, 5.74) is 1.31. The Balaban J connectivity index is 1.59. The molecule has 5 atom stereocenters. The first-order valence-electron chi connectivity index (χ1n) is 9.88. The van der Waals surface area contributed by atoms with Crippen molar-refractivity contribution in [3.8, 4) is 10.6 Å². The van der Waals surface area contributed by atoms with E-state index >= 15 is 0 Å². The molecule has 0 amide bonds. The molecule has 164 valence electrons. The number of aliphatic hydroxyl groups is 3. The van der Waals surface area contributed by atoms with E-state index in [1.807, 2.05) is 12.1 Å². The van der Waals surface area contributed by atoms with E-state index < -0.39 is 30.5 Å². The molecule has 7 nitrogen and oxygen atoms in total. The Labute approximate surface area is 187 Å². The number of halogens is 1. The fourth-order valence-corrected chi connectivity index (χ4v) is 4.71. The molecule has 1 aromatic carbocycles. The fraction of sp³-hybridized carbons (Fsp3) is 0.364. The van der Waals surface area contributed by atoms with Crippen molar-refractivity contribution >= 4 is 28.7 Å². The lowest BCUT2D eigenvalue weighted by Crippen LogP contribution is -2.56. The number of ether oxygens (including phenoxy) is 1. The highest BCUT2D eigenvalue weighted by atomic mass is 35.5. The Morgan fingerprint density at radius 3 is 2.71 bits per heavy atom. The number of hydrogen-bond acceptors (Lipinski definition) is 8. The largest absolute Gasteiger partial charge is 0.463 e. The zero-order valence-corrected chi connectivity index (χ0v) is 18.2. The second-order valence-corrected chi connectivity index (χ2v) is 8.91. The van der Waals surface area contributed by atoms with Crippen LogP contribution in [0.5, 0.6) is 0 Å². The van der Waals surface area contributed by atoms with Crippen molar-refractivity contribution in [2.75, 3.05) is 0 Å². The van der Waals surface area contributed by atoms with Crippen LogP contribution in [-0.4, -0.2) is 50.5 Å². The minimum absolute atomic E-state index is 0.144. The average Bonchev–Trinajstić information content (AvgIpc) is 3.45. The molecular formula is C22H22ClNO6S. The van der Waals surface area contributed by atoms with Crippen molar-refractivity contribution in [1.29, 1.82) is 0 Å². The zero-order chi connectivity index (χ0) is 22.1. The molecule has 0 radical (unpaired) electrons. The molecule has 0 spiro atoms.